The van der Waals surface area contributed by atoms with E-state index in [4.69, 9.17) is 42.6 Å². The number of hydrogen-bond donors (Lipinski definition) is 14. The van der Waals surface area contributed by atoms with Gasteiger partial charge in [-0.3, -0.25) is 0 Å². The molecule has 2 aromatic rings. The van der Waals surface area contributed by atoms with Crippen molar-refractivity contribution in [3.8, 4) is 23.0 Å². The molecule has 0 aliphatic carbocycles. The molecule has 0 saturated carbocycles. The van der Waals surface area contributed by atoms with Gasteiger partial charge in [0.25, 0.3) is 0 Å². The van der Waals surface area contributed by atoms with Crippen molar-refractivity contribution in [1.82, 2.24) is 0 Å². The zero-order valence-corrected chi connectivity index (χ0v) is 34.8. The highest BCUT2D eigenvalue weighted by Gasteiger charge is 2.56. The number of aromatic hydroxyl groups is 4. The molecule has 20 atom stereocenters. The highest BCUT2D eigenvalue weighted by molar-refractivity contribution is 5.87. The van der Waals surface area contributed by atoms with Gasteiger partial charge in [0.2, 0.25) is 0 Å². The number of carbonyl (C=O) groups is 1. The molecule has 2 unspecified atom stereocenters. The molecule has 4 heterocycles. The molecule has 4 aliphatic heterocycles. The normalized spacial score (nSPS) is 40.2. The largest absolute Gasteiger partial charge is 0.504 e. The topological polar surface area (TPSA) is 383 Å². The van der Waals surface area contributed by atoms with Gasteiger partial charge < -0.3 is 114 Å². The smallest absolute Gasteiger partial charge is 0.331 e. The van der Waals surface area contributed by atoms with Crippen LogP contribution in [0, 0.1) is 0 Å². The Hall–Kier alpha value is -3.87. The van der Waals surface area contributed by atoms with Crippen LogP contribution in [0.25, 0.3) is 6.08 Å². The van der Waals surface area contributed by atoms with Crippen molar-refractivity contribution in [3.05, 3.63) is 53.6 Å². The molecule has 6 rings (SSSR count). The minimum Gasteiger partial charge on any atom is -0.504 e. The third-order valence-electron chi connectivity index (χ3n) is 11.4. The summed E-state index contributed by atoms with van der Waals surface area (Å²) in [6.45, 7) is 0.833. The van der Waals surface area contributed by atoms with Gasteiger partial charge in [-0.2, -0.15) is 0 Å². The number of aliphatic hydroxyl groups is 10. The Kier molecular flexibility index (Phi) is 17.0. The predicted molar refractivity (Wildman–Crippen MR) is 211 cm³/mol. The van der Waals surface area contributed by atoms with Crippen LogP contribution < -0.4 is 0 Å². The first kappa shape index (κ1) is 50.5. The highest BCUT2D eigenvalue weighted by Crippen LogP contribution is 2.37. The van der Waals surface area contributed by atoms with E-state index in [1.807, 2.05) is 0 Å². The summed E-state index contributed by atoms with van der Waals surface area (Å²) in [5, 5.41) is 146. The van der Waals surface area contributed by atoms with Gasteiger partial charge in [0.05, 0.1) is 32.0 Å². The Morgan fingerprint density at radius 3 is 1.69 bits per heavy atom. The summed E-state index contributed by atoms with van der Waals surface area (Å²) in [7, 11) is 0. The molecule has 0 bridgehead atoms. The fraction of sp³-hybridized carbons (Fsp3) is 0.634. The van der Waals surface area contributed by atoms with E-state index in [0.717, 1.165) is 18.2 Å². The lowest BCUT2D eigenvalue weighted by atomic mass is 9.95. The number of esters is 1. The fourth-order valence-electron chi connectivity index (χ4n) is 7.54. The lowest BCUT2D eigenvalue weighted by Gasteiger charge is -2.49. The second kappa shape index (κ2) is 21.8. The number of phenolic OH excluding ortho intramolecular Hbond substituents is 4. The Labute approximate surface area is 370 Å². The standard InChI is InChI=1S/C41H56O24/c1-15-26(48)29(51)33(55)39(59-15)64-36-35(63-25(47)8-5-17-3-6-19(43)21(45)11-17)24(14-58-38-32(54)31(53)28(50)23(13-42)61-38)62-41(57-10-9-18-4-7-20(44)22(46)12-18)37(36)65-40-34(56)30(52)27(49)16(2)60-40/h3-8,11-12,15-16,23-24,26-46,48-56H,9-10,13-14H2,1-2H3/b8-5+/t15-,16-,23+,24+,26-,27-,28+,29+,30+,31-,32+,33+,34+,35+,36-,37+,38?,39-,40-,41?/m0/s1. The number of hydrogen-bond acceptors (Lipinski definition) is 24. The maximum Gasteiger partial charge on any atom is 0.331 e. The zero-order valence-electron chi connectivity index (χ0n) is 34.8. The average Bonchev–Trinajstić information content (AvgIpc) is 3.28. The second-order valence-electron chi connectivity index (χ2n) is 16.1. The summed E-state index contributed by atoms with van der Waals surface area (Å²) in [6.07, 6.45) is -32.5. The van der Waals surface area contributed by atoms with Crippen LogP contribution in [0.5, 0.6) is 23.0 Å². The van der Waals surface area contributed by atoms with Crippen LogP contribution in [0.15, 0.2) is 42.5 Å². The Balaban J connectivity index is 1.41. The predicted octanol–water partition coefficient (Wildman–Crippen LogP) is -4.34. The molecule has 4 aliphatic rings. The molecular weight excluding hydrogens is 876 g/mol. The number of carbonyl (C=O) groups excluding carboxylic acids is 1. The van der Waals surface area contributed by atoms with Crippen molar-refractivity contribution in [3.63, 3.8) is 0 Å². The first-order chi connectivity index (χ1) is 30.8. The fourth-order valence-corrected chi connectivity index (χ4v) is 7.54. The first-order valence-electron chi connectivity index (χ1n) is 20.6. The van der Waals surface area contributed by atoms with Crippen LogP contribution >= 0.6 is 0 Å². The quantitative estimate of drug-likeness (QED) is 0.0456. The molecule has 4 saturated heterocycles. The molecule has 24 heteroatoms. The lowest BCUT2D eigenvalue weighted by molar-refractivity contribution is -0.392. The third-order valence-corrected chi connectivity index (χ3v) is 11.4. The number of phenols is 4. The van der Waals surface area contributed by atoms with Gasteiger partial charge >= 0.3 is 5.97 Å². The molecule has 2 aromatic carbocycles. The monoisotopic (exact) mass is 932 g/mol. The molecule has 0 amide bonds. The summed E-state index contributed by atoms with van der Waals surface area (Å²) in [5.41, 5.74) is 0.657. The van der Waals surface area contributed by atoms with Crippen LogP contribution in [0.3, 0.4) is 0 Å². The lowest BCUT2D eigenvalue weighted by Crippen LogP contribution is -2.67. The van der Waals surface area contributed by atoms with Crippen LogP contribution in [0.4, 0.5) is 0 Å². The van der Waals surface area contributed by atoms with Gasteiger partial charge in [-0.25, -0.2) is 4.79 Å². The van der Waals surface area contributed by atoms with E-state index in [1.54, 1.807) is 0 Å². The Bertz CT molecular complexity index is 1900. The molecule has 0 aromatic heterocycles. The van der Waals surface area contributed by atoms with Crippen molar-refractivity contribution in [2.75, 3.05) is 19.8 Å². The number of benzene rings is 2. The van der Waals surface area contributed by atoms with Crippen LogP contribution in [0.2, 0.25) is 0 Å². The van der Waals surface area contributed by atoms with E-state index >= 15 is 0 Å². The number of ether oxygens (including phenoxy) is 9. The molecule has 0 spiro atoms. The summed E-state index contributed by atoms with van der Waals surface area (Å²) < 4.78 is 53.7. The zero-order chi connectivity index (χ0) is 47.4. The van der Waals surface area contributed by atoms with E-state index < -0.39 is 165 Å². The van der Waals surface area contributed by atoms with Crippen molar-refractivity contribution >= 4 is 12.0 Å². The van der Waals surface area contributed by atoms with Gasteiger partial charge in [-0.1, -0.05) is 12.1 Å². The van der Waals surface area contributed by atoms with Crippen molar-refractivity contribution < 1.29 is 119 Å². The van der Waals surface area contributed by atoms with Crippen molar-refractivity contribution in [2.24, 2.45) is 0 Å². The maximum absolute atomic E-state index is 13.8. The van der Waals surface area contributed by atoms with Gasteiger partial charge in [0.1, 0.15) is 79.4 Å². The maximum atomic E-state index is 13.8. The Morgan fingerprint density at radius 2 is 1.11 bits per heavy atom. The molecule has 65 heavy (non-hydrogen) atoms. The molecule has 14 N–H and O–H groups in total. The first-order valence-corrected chi connectivity index (χ1v) is 20.6. The summed E-state index contributed by atoms with van der Waals surface area (Å²) in [5.74, 6) is -2.96. The van der Waals surface area contributed by atoms with E-state index in [0.29, 0.717) is 5.56 Å². The van der Waals surface area contributed by atoms with Crippen molar-refractivity contribution in [2.45, 2.75) is 143 Å². The summed E-state index contributed by atoms with van der Waals surface area (Å²) >= 11 is 0. The summed E-state index contributed by atoms with van der Waals surface area (Å²) in [6, 6.07) is 7.58. The van der Waals surface area contributed by atoms with Crippen LogP contribution in [0.1, 0.15) is 25.0 Å². The van der Waals surface area contributed by atoms with Crippen LogP contribution in [-0.4, -0.2) is 220 Å². The Morgan fingerprint density at radius 1 is 0.569 bits per heavy atom. The second-order valence-corrected chi connectivity index (χ2v) is 16.1. The van der Waals surface area contributed by atoms with E-state index in [1.165, 1.54) is 44.2 Å². The minimum absolute atomic E-state index is 0.0184. The number of rotatable bonds is 15. The van der Waals surface area contributed by atoms with Crippen molar-refractivity contribution in [1.29, 1.82) is 0 Å². The van der Waals surface area contributed by atoms with Crippen LogP contribution in [-0.2, 0) is 53.8 Å². The molecule has 24 nitrogen and oxygen atoms in total. The number of aliphatic hydroxyl groups excluding tert-OH is 10. The molecule has 364 valence electrons. The van der Waals surface area contributed by atoms with E-state index in [9.17, 15) is 76.3 Å². The summed E-state index contributed by atoms with van der Waals surface area (Å²) in [4.78, 5) is 13.8. The van der Waals surface area contributed by atoms with E-state index in [2.05, 4.69) is 0 Å². The van der Waals surface area contributed by atoms with Gasteiger partial charge in [-0.05, 0) is 61.7 Å². The van der Waals surface area contributed by atoms with E-state index in [-0.39, 0.29) is 18.6 Å². The SMILES string of the molecule is C[C@@H]1O[C@@H](O[C@H]2[C@H](OC(=O)/C=C/c3ccc(O)c(O)c3)[C@@H](COC3O[C@H](CO)[C@@H](O)[C@H](O)[C@H]3O)OC(OCCc3ccc(O)c(O)c3)[C@@H]2O[C@@H]2O[C@@H](C)[C@H](O)[C@@H](O)[C@H]2O)[C@H](O)[C@H](O)[C@H]1O. The molecule has 0 radical (unpaired) electrons. The molecule has 4 fully saturated rings. The van der Waals surface area contributed by atoms with Gasteiger partial charge in [-0.15, -0.1) is 0 Å². The molecular formula is C41H56O24. The minimum atomic E-state index is -2.00. The highest BCUT2D eigenvalue weighted by atomic mass is 16.8. The van der Waals surface area contributed by atoms with Gasteiger partial charge in [0.15, 0.2) is 54.3 Å². The third kappa shape index (κ3) is 11.6. The van der Waals surface area contributed by atoms with Gasteiger partial charge in [0, 0.05) is 6.08 Å². The average molecular weight is 933 g/mol.